The van der Waals surface area contributed by atoms with E-state index in [1.807, 2.05) is 53.2 Å². The highest BCUT2D eigenvalue weighted by molar-refractivity contribution is 5.72. The smallest absolute Gasteiger partial charge is 0.308 e. The molecule has 2 aromatic carbocycles. The Kier molecular flexibility index (Phi) is 6.14. The molecule has 6 nitrogen and oxygen atoms in total. The molecule has 0 bridgehead atoms. The maximum absolute atomic E-state index is 11.8. The van der Waals surface area contributed by atoms with Gasteiger partial charge < -0.3 is 9.47 Å². The Morgan fingerprint density at radius 1 is 1.07 bits per heavy atom. The van der Waals surface area contributed by atoms with Gasteiger partial charge in [0.1, 0.15) is 5.75 Å². The lowest BCUT2D eigenvalue weighted by atomic mass is 9.96. The van der Waals surface area contributed by atoms with Crippen LogP contribution in [0.25, 0.3) is 16.9 Å². The molecule has 4 rings (SSSR count). The van der Waals surface area contributed by atoms with Gasteiger partial charge in [0.25, 0.3) is 0 Å². The number of para-hydroxylation sites is 1. The van der Waals surface area contributed by atoms with Gasteiger partial charge in [0, 0.05) is 23.9 Å². The van der Waals surface area contributed by atoms with Crippen molar-refractivity contribution in [1.29, 1.82) is 0 Å². The zero-order valence-corrected chi connectivity index (χ0v) is 17.5. The van der Waals surface area contributed by atoms with E-state index in [2.05, 4.69) is 17.2 Å². The average Bonchev–Trinajstić information content (AvgIpc) is 3.23. The van der Waals surface area contributed by atoms with Crippen molar-refractivity contribution in [1.82, 2.24) is 14.7 Å². The third kappa shape index (κ3) is 4.39. The van der Waals surface area contributed by atoms with E-state index in [0.717, 1.165) is 60.7 Å². The second kappa shape index (κ2) is 9.13. The van der Waals surface area contributed by atoms with Crippen LogP contribution in [-0.2, 0) is 16.1 Å². The van der Waals surface area contributed by atoms with E-state index in [1.54, 1.807) is 7.11 Å². The molecule has 156 valence electrons. The van der Waals surface area contributed by atoms with E-state index in [-0.39, 0.29) is 11.9 Å². The minimum absolute atomic E-state index is 0.0103. The van der Waals surface area contributed by atoms with Crippen molar-refractivity contribution in [2.45, 2.75) is 19.4 Å². The third-order valence-electron chi connectivity index (χ3n) is 5.67. The third-order valence-corrected chi connectivity index (χ3v) is 5.67. The summed E-state index contributed by atoms with van der Waals surface area (Å²) < 4.78 is 12.3. The number of ether oxygens (including phenoxy) is 2. The molecule has 1 aromatic heterocycles. The van der Waals surface area contributed by atoms with Crippen LogP contribution < -0.4 is 4.74 Å². The maximum Gasteiger partial charge on any atom is 0.308 e. The minimum atomic E-state index is -0.0939. The van der Waals surface area contributed by atoms with Crippen LogP contribution in [0.4, 0.5) is 0 Å². The quantitative estimate of drug-likeness (QED) is 0.582. The monoisotopic (exact) mass is 405 g/mol. The largest absolute Gasteiger partial charge is 0.497 e. The van der Waals surface area contributed by atoms with Crippen LogP contribution in [0.2, 0.25) is 0 Å². The molecular weight excluding hydrogens is 378 g/mol. The van der Waals surface area contributed by atoms with E-state index < -0.39 is 0 Å². The molecule has 6 heteroatoms. The summed E-state index contributed by atoms with van der Waals surface area (Å²) in [4.78, 5) is 14.2. The van der Waals surface area contributed by atoms with Gasteiger partial charge in [-0.15, -0.1) is 0 Å². The van der Waals surface area contributed by atoms with Crippen LogP contribution in [0.1, 0.15) is 18.4 Å². The number of methoxy groups -OCH3 is 2. The van der Waals surface area contributed by atoms with E-state index in [0.29, 0.717) is 0 Å². The molecule has 0 N–H and O–H groups in total. The molecule has 1 fully saturated rings. The van der Waals surface area contributed by atoms with Gasteiger partial charge >= 0.3 is 5.97 Å². The van der Waals surface area contributed by atoms with Gasteiger partial charge in [0.2, 0.25) is 0 Å². The molecule has 0 unspecified atom stereocenters. The first kappa shape index (κ1) is 20.2. The van der Waals surface area contributed by atoms with Crippen LogP contribution in [0, 0.1) is 5.92 Å². The number of likely N-dealkylation sites (tertiary alicyclic amines) is 1. The number of nitrogens with zero attached hydrogens (tertiary/aromatic N) is 3. The first-order chi connectivity index (χ1) is 14.7. The van der Waals surface area contributed by atoms with E-state index in [9.17, 15) is 4.79 Å². The molecule has 0 saturated carbocycles. The van der Waals surface area contributed by atoms with Crippen molar-refractivity contribution < 1.29 is 14.3 Å². The van der Waals surface area contributed by atoms with Crippen molar-refractivity contribution in [3.8, 4) is 22.7 Å². The molecule has 30 heavy (non-hydrogen) atoms. The second-order valence-corrected chi connectivity index (χ2v) is 7.59. The molecule has 0 aliphatic carbocycles. The highest BCUT2D eigenvalue weighted by Gasteiger charge is 2.26. The summed E-state index contributed by atoms with van der Waals surface area (Å²) in [5, 5.41) is 4.91. The van der Waals surface area contributed by atoms with Crippen molar-refractivity contribution in [3.63, 3.8) is 0 Å². The zero-order valence-electron chi connectivity index (χ0n) is 17.5. The van der Waals surface area contributed by atoms with Crippen LogP contribution in [0.3, 0.4) is 0 Å². The Bertz CT molecular complexity index is 992. The van der Waals surface area contributed by atoms with Gasteiger partial charge in [0.05, 0.1) is 31.5 Å². The number of hydrogen-bond donors (Lipinski definition) is 0. The van der Waals surface area contributed by atoms with Crippen molar-refractivity contribution in [3.05, 3.63) is 66.4 Å². The summed E-state index contributed by atoms with van der Waals surface area (Å²) in [6.45, 7) is 2.52. The fourth-order valence-corrected chi connectivity index (χ4v) is 3.99. The van der Waals surface area contributed by atoms with Crippen molar-refractivity contribution in [2.75, 3.05) is 27.3 Å². The molecule has 1 aliphatic rings. The minimum Gasteiger partial charge on any atom is -0.497 e. The summed E-state index contributed by atoms with van der Waals surface area (Å²) in [6.07, 6.45) is 3.76. The fraction of sp³-hybridized carbons (Fsp3) is 0.333. The Morgan fingerprint density at radius 3 is 2.53 bits per heavy atom. The standard InChI is InChI=1S/C24H27N3O3/c1-29-22-10-6-7-19(15-22)23-20(17-27(25-23)21-8-4-3-5-9-21)16-26-13-11-18(12-14-26)24(28)30-2/h3-10,15,17-18H,11-14,16H2,1-2H3. The van der Waals surface area contributed by atoms with E-state index in [1.165, 1.54) is 7.11 Å². The lowest BCUT2D eigenvalue weighted by Gasteiger charge is -2.30. The molecule has 0 amide bonds. The van der Waals surface area contributed by atoms with Crippen molar-refractivity contribution in [2.24, 2.45) is 5.92 Å². The molecule has 2 heterocycles. The lowest BCUT2D eigenvalue weighted by molar-refractivity contribution is -0.147. The number of esters is 1. The van der Waals surface area contributed by atoms with Crippen LogP contribution in [0.15, 0.2) is 60.8 Å². The number of rotatable bonds is 6. The molecule has 1 aliphatic heterocycles. The normalized spacial score (nSPS) is 15.1. The molecular formula is C24H27N3O3. The van der Waals surface area contributed by atoms with Crippen molar-refractivity contribution >= 4 is 5.97 Å². The Hall–Kier alpha value is -3.12. The SMILES string of the molecule is COC(=O)C1CCN(Cc2cn(-c3ccccc3)nc2-c2cccc(OC)c2)CC1. The number of piperidine rings is 1. The first-order valence-electron chi connectivity index (χ1n) is 10.3. The molecule has 0 spiro atoms. The molecule has 1 saturated heterocycles. The Balaban J connectivity index is 1.61. The van der Waals surface area contributed by atoms with Gasteiger partial charge in [-0.2, -0.15) is 5.10 Å². The van der Waals surface area contributed by atoms with Gasteiger partial charge in [-0.05, 0) is 50.2 Å². The summed E-state index contributed by atoms with van der Waals surface area (Å²) in [5.74, 6) is 0.728. The molecule has 0 atom stereocenters. The average molecular weight is 405 g/mol. The number of benzene rings is 2. The van der Waals surface area contributed by atoms with Gasteiger partial charge in [0.15, 0.2) is 0 Å². The van der Waals surface area contributed by atoms with E-state index in [4.69, 9.17) is 14.6 Å². The number of carbonyl (C=O) groups is 1. The summed E-state index contributed by atoms with van der Waals surface area (Å²) in [5.41, 5.74) is 4.16. The van der Waals surface area contributed by atoms with Crippen LogP contribution in [0.5, 0.6) is 5.75 Å². The van der Waals surface area contributed by atoms with Crippen LogP contribution >= 0.6 is 0 Å². The first-order valence-corrected chi connectivity index (χ1v) is 10.3. The summed E-state index contributed by atoms with van der Waals surface area (Å²) >= 11 is 0. The lowest BCUT2D eigenvalue weighted by Crippen LogP contribution is -2.36. The predicted molar refractivity (Wildman–Crippen MR) is 116 cm³/mol. The number of aromatic nitrogens is 2. The van der Waals surface area contributed by atoms with Gasteiger partial charge in [-0.3, -0.25) is 9.69 Å². The van der Waals surface area contributed by atoms with Gasteiger partial charge in [-0.1, -0.05) is 30.3 Å². The fourth-order valence-electron chi connectivity index (χ4n) is 3.99. The van der Waals surface area contributed by atoms with E-state index >= 15 is 0 Å². The van der Waals surface area contributed by atoms with Crippen LogP contribution in [-0.4, -0.2) is 48.0 Å². The highest BCUT2D eigenvalue weighted by atomic mass is 16.5. The number of hydrogen-bond acceptors (Lipinski definition) is 5. The predicted octanol–water partition coefficient (Wildman–Crippen LogP) is 3.93. The maximum atomic E-state index is 11.8. The highest BCUT2D eigenvalue weighted by Crippen LogP contribution is 2.29. The number of carbonyl (C=O) groups excluding carboxylic acids is 1. The molecule has 3 aromatic rings. The topological polar surface area (TPSA) is 56.6 Å². The van der Waals surface area contributed by atoms with Gasteiger partial charge in [-0.25, -0.2) is 4.68 Å². The molecule has 0 radical (unpaired) electrons. The summed E-state index contributed by atoms with van der Waals surface area (Å²) in [7, 11) is 3.14. The second-order valence-electron chi connectivity index (χ2n) is 7.59. The zero-order chi connectivity index (χ0) is 20.9. The Labute approximate surface area is 177 Å². The summed E-state index contributed by atoms with van der Waals surface area (Å²) in [6, 6.07) is 18.1. The Morgan fingerprint density at radius 2 is 1.83 bits per heavy atom.